The van der Waals surface area contributed by atoms with E-state index in [0.29, 0.717) is 24.6 Å². The van der Waals surface area contributed by atoms with E-state index in [9.17, 15) is 0 Å². The molecule has 118 valence electrons. The van der Waals surface area contributed by atoms with Gasteiger partial charge in [0.25, 0.3) is 0 Å². The average Bonchev–Trinajstić information content (AvgIpc) is 2.55. The summed E-state index contributed by atoms with van der Waals surface area (Å²) in [7, 11) is 0. The van der Waals surface area contributed by atoms with E-state index in [1.165, 1.54) is 6.33 Å². The molecule has 0 radical (unpaired) electrons. The fourth-order valence-electron chi connectivity index (χ4n) is 2.07. The van der Waals surface area contributed by atoms with Gasteiger partial charge in [0.2, 0.25) is 0 Å². The zero-order valence-electron chi connectivity index (χ0n) is 13.7. The van der Waals surface area contributed by atoms with Gasteiger partial charge in [-0.2, -0.15) is 0 Å². The second-order valence-electron chi connectivity index (χ2n) is 4.90. The van der Waals surface area contributed by atoms with Crippen LogP contribution in [0.25, 0.3) is 5.32 Å². The van der Waals surface area contributed by atoms with Crippen LogP contribution in [0.2, 0.25) is 0 Å². The Bertz CT molecular complexity index is 551. The van der Waals surface area contributed by atoms with E-state index in [1.807, 2.05) is 18.2 Å². The second kappa shape index (κ2) is 11.9. The molecule has 0 aliphatic carbocycles. The van der Waals surface area contributed by atoms with Crippen molar-refractivity contribution in [2.75, 3.05) is 6.61 Å². The minimum atomic E-state index is 0. The van der Waals surface area contributed by atoms with E-state index in [0.717, 1.165) is 18.5 Å². The third-order valence-corrected chi connectivity index (χ3v) is 3.15. The van der Waals surface area contributed by atoms with Gasteiger partial charge in [-0.15, -0.1) is 0 Å². The van der Waals surface area contributed by atoms with Crippen molar-refractivity contribution in [3.63, 3.8) is 0 Å². The fraction of sp³-hybridized carbons (Fsp3) is 0.438. The molecule has 0 aromatic carbocycles. The standard InChI is InChI=1S/C16H21N4O2.K/c1-2-5-13(7-9-21)20-16-15(10-17-12-19-16)22-11-14-6-3-4-8-18-14;/h3-4,6,8,10,12-13,21H,2,5,7,9,11H2,1H3;/q-1;+1/t13-;/m0./s1. The van der Waals surface area contributed by atoms with Gasteiger partial charge in [-0.1, -0.05) is 25.8 Å². The summed E-state index contributed by atoms with van der Waals surface area (Å²) < 4.78 is 5.74. The van der Waals surface area contributed by atoms with Gasteiger partial charge in [0.1, 0.15) is 12.4 Å². The molecule has 0 unspecified atom stereocenters. The smallest absolute Gasteiger partial charge is 0.486 e. The molecule has 7 heteroatoms. The van der Waals surface area contributed by atoms with Crippen LogP contribution in [0.1, 0.15) is 31.9 Å². The summed E-state index contributed by atoms with van der Waals surface area (Å²) in [5.74, 6) is 1.06. The van der Waals surface area contributed by atoms with E-state index in [4.69, 9.17) is 9.84 Å². The van der Waals surface area contributed by atoms with Crippen molar-refractivity contribution in [2.45, 2.75) is 38.8 Å². The minimum Gasteiger partial charge on any atom is -0.486 e. The molecule has 0 spiro atoms. The molecule has 2 aromatic heterocycles. The van der Waals surface area contributed by atoms with Crippen LogP contribution in [0.3, 0.4) is 0 Å². The summed E-state index contributed by atoms with van der Waals surface area (Å²) in [6, 6.07) is 5.71. The summed E-state index contributed by atoms with van der Waals surface area (Å²) in [6.45, 7) is 2.55. The first-order valence-electron chi connectivity index (χ1n) is 7.48. The molecule has 6 nitrogen and oxygen atoms in total. The van der Waals surface area contributed by atoms with E-state index in [-0.39, 0.29) is 64.0 Å². The van der Waals surface area contributed by atoms with Crippen LogP contribution in [0.4, 0.5) is 5.82 Å². The molecule has 1 atom stereocenters. The predicted octanol–water partition coefficient (Wildman–Crippen LogP) is 0.0109. The van der Waals surface area contributed by atoms with Crippen molar-refractivity contribution in [3.8, 4) is 5.75 Å². The Balaban J connectivity index is 0.00000264. The molecule has 0 aliphatic rings. The maximum atomic E-state index is 9.13. The molecule has 23 heavy (non-hydrogen) atoms. The van der Waals surface area contributed by atoms with Gasteiger partial charge in [0.15, 0.2) is 0 Å². The van der Waals surface area contributed by atoms with Gasteiger partial charge in [0, 0.05) is 19.1 Å². The summed E-state index contributed by atoms with van der Waals surface area (Å²) in [5.41, 5.74) is 0.831. The van der Waals surface area contributed by atoms with Crippen LogP contribution >= 0.6 is 0 Å². The van der Waals surface area contributed by atoms with Crippen molar-refractivity contribution in [1.29, 1.82) is 0 Å². The number of aliphatic hydroxyl groups excluding tert-OH is 1. The van der Waals surface area contributed by atoms with Crippen LogP contribution in [-0.4, -0.2) is 32.7 Å². The summed E-state index contributed by atoms with van der Waals surface area (Å²) >= 11 is 0. The summed E-state index contributed by atoms with van der Waals surface area (Å²) in [6.07, 6.45) is 7.32. The maximum absolute atomic E-state index is 9.13. The van der Waals surface area contributed by atoms with Crippen molar-refractivity contribution in [1.82, 2.24) is 15.0 Å². The first kappa shape index (κ1) is 20.5. The van der Waals surface area contributed by atoms with E-state index >= 15 is 0 Å². The van der Waals surface area contributed by atoms with Crippen molar-refractivity contribution in [2.24, 2.45) is 0 Å². The number of aliphatic hydroxyl groups is 1. The molecule has 2 aromatic rings. The van der Waals surface area contributed by atoms with Gasteiger partial charge in [-0.3, -0.25) is 9.97 Å². The largest absolute Gasteiger partial charge is 1.00 e. The number of ether oxygens (including phenoxy) is 1. The summed E-state index contributed by atoms with van der Waals surface area (Å²) in [5, 5.41) is 13.7. The van der Waals surface area contributed by atoms with Crippen molar-refractivity contribution >= 4 is 5.82 Å². The molecule has 0 saturated heterocycles. The SMILES string of the molecule is CCC[C@@H](CCO)[N-]c1ncncc1OCc1ccccn1.[K+]. The average molecular weight is 340 g/mol. The molecule has 1 N–H and O–H groups in total. The molecule has 0 aliphatic heterocycles. The minimum absolute atomic E-state index is 0. The summed E-state index contributed by atoms with van der Waals surface area (Å²) in [4.78, 5) is 12.4. The second-order valence-corrected chi connectivity index (χ2v) is 4.90. The third-order valence-electron chi connectivity index (χ3n) is 3.15. The molecule has 0 amide bonds. The molecule has 2 heterocycles. The number of hydrogen-bond donors (Lipinski definition) is 1. The van der Waals surface area contributed by atoms with Crippen LogP contribution in [0.15, 0.2) is 36.9 Å². The zero-order valence-corrected chi connectivity index (χ0v) is 16.8. The van der Waals surface area contributed by atoms with E-state index < -0.39 is 0 Å². The van der Waals surface area contributed by atoms with Gasteiger partial charge >= 0.3 is 51.4 Å². The molecule has 0 fully saturated rings. The first-order chi connectivity index (χ1) is 10.8. The molecule has 0 bridgehead atoms. The fourth-order valence-corrected chi connectivity index (χ4v) is 2.07. The monoisotopic (exact) mass is 340 g/mol. The van der Waals surface area contributed by atoms with E-state index in [1.54, 1.807) is 12.4 Å². The quantitative estimate of drug-likeness (QED) is 0.650. The van der Waals surface area contributed by atoms with Crippen molar-refractivity contribution < 1.29 is 61.2 Å². The Morgan fingerprint density at radius 1 is 1.26 bits per heavy atom. The Morgan fingerprint density at radius 2 is 2.13 bits per heavy atom. The Kier molecular flexibility index (Phi) is 10.6. The molecule has 0 saturated carbocycles. The number of rotatable bonds is 9. The Labute approximate surface area is 179 Å². The van der Waals surface area contributed by atoms with E-state index in [2.05, 4.69) is 27.2 Å². The van der Waals surface area contributed by atoms with Gasteiger partial charge in [0.05, 0.1) is 11.9 Å². The topological polar surface area (TPSA) is 82.2 Å². The number of nitrogens with zero attached hydrogens (tertiary/aromatic N) is 4. The number of aromatic nitrogens is 3. The number of hydrogen-bond acceptors (Lipinski definition) is 5. The van der Waals surface area contributed by atoms with Gasteiger partial charge in [-0.25, -0.2) is 0 Å². The maximum Gasteiger partial charge on any atom is 1.00 e. The molecule has 2 rings (SSSR count). The third kappa shape index (κ3) is 7.24. The number of pyridine rings is 1. The van der Waals surface area contributed by atoms with Gasteiger partial charge in [-0.05, 0) is 30.4 Å². The van der Waals surface area contributed by atoms with Crippen LogP contribution in [0, 0.1) is 0 Å². The molecular weight excluding hydrogens is 319 g/mol. The normalized spacial score (nSPS) is 11.4. The predicted molar refractivity (Wildman–Crippen MR) is 84.0 cm³/mol. The Morgan fingerprint density at radius 3 is 2.83 bits per heavy atom. The van der Waals surface area contributed by atoms with Crippen LogP contribution < -0.4 is 56.1 Å². The van der Waals surface area contributed by atoms with Crippen LogP contribution in [-0.2, 0) is 6.61 Å². The first-order valence-corrected chi connectivity index (χ1v) is 7.48. The zero-order chi connectivity index (χ0) is 15.6. The van der Waals surface area contributed by atoms with Crippen LogP contribution in [0.5, 0.6) is 5.75 Å². The molecular formula is C16H21KN4O2. The van der Waals surface area contributed by atoms with Crippen molar-refractivity contribution in [3.05, 3.63) is 47.9 Å². The Hall–Kier alpha value is -0.574. The van der Waals surface area contributed by atoms with Gasteiger partial charge < -0.3 is 20.1 Å².